The molecule has 0 aliphatic rings. The lowest BCUT2D eigenvalue weighted by Crippen LogP contribution is -1.83. The lowest BCUT2D eigenvalue weighted by Gasteiger charge is -1.93. The fraction of sp³-hybridized carbons (Fsp3) is 0.211. The van der Waals surface area contributed by atoms with Crippen LogP contribution in [0.15, 0.2) is 73.3 Å². The van der Waals surface area contributed by atoms with Gasteiger partial charge in [0.2, 0.25) is 0 Å². The molecule has 9 radical (unpaired) electrons. The zero-order valence-corrected chi connectivity index (χ0v) is 15.2. The van der Waals surface area contributed by atoms with Gasteiger partial charge in [0.1, 0.15) is 0 Å². The third kappa shape index (κ3) is 14.9. The van der Waals surface area contributed by atoms with Gasteiger partial charge in [-0.2, -0.15) is 0 Å². The quantitative estimate of drug-likeness (QED) is 0.644. The van der Waals surface area contributed by atoms with E-state index in [1.807, 2.05) is 62.5 Å². The predicted molar refractivity (Wildman–Crippen MR) is 109 cm³/mol. The Bertz CT molecular complexity index is 579. The summed E-state index contributed by atoms with van der Waals surface area (Å²) in [5, 5.41) is 0. The molecule has 0 atom stereocenters. The van der Waals surface area contributed by atoms with E-state index in [4.69, 9.17) is 0 Å². The molecule has 0 bridgehead atoms. The van der Waals surface area contributed by atoms with Gasteiger partial charge in [-0.1, -0.05) is 25.1 Å². The van der Waals surface area contributed by atoms with E-state index in [0.717, 1.165) is 17.8 Å². The van der Waals surface area contributed by atoms with Crippen LogP contribution in [0.4, 0.5) is 0 Å². The van der Waals surface area contributed by atoms with Crippen molar-refractivity contribution in [2.45, 2.75) is 27.2 Å². The smallest absolute Gasteiger partial charge is 0.0372 e. The van der Waals surface area contributed by atoms with Gasteiger partial charge in [0, 0.05) is 61.4 Å². The van der Waals surface area contributed by atoms with Gasteiger partial charge < -0.3 is 0 Å². The maximum absolute atomic E-state index is 4.15. The Morgan fingerprint density at radius 3 is 1.56 bits per heavy atom. The maximum atomic E-state index is 4.15. The fourth-order valence-corrected chi connectivity index (χ4v) is 1.47. The van der Waals surface area contributed by atoms with Gasteiger partial charge in [-0.05, 0) is 56.2 Å². The summed E-state index contributed by atoms with van der Waals surface area (Å²) < 4.78 is 0. The molecule has 3 aromatic heterocycles. The van der Waals surface area contributed by atoms with Crippen molar-refractivity contribution in [3.8, 4) is 0 Å². The van der Waals surface area contributed by atoms with Crippen molar-refractivity contribution in [1.82, 2.24) is 15.0 Å². The van der Waals surface area contributed by atoms with Gasteiger partial charge in [0.25, 0.3) is 0 Å². The Morgan fingerprint density at radius 1 is 0.680 bits per heavy atom. The van der Waals surface area contributed by atoms with Crippen LogP contribution in [0.3, 0.4) is 0 Å². The Hall–Kier alpha value is -2.36. The molecule has 3 heterocycles. The molecular weight excluding hydrogens is 303 g/mol. The minimum absolute atomic E-state index is 0. The van der Waals surface area contributed by atoms with E-state index in [9.17, 15) is 0 Å². The van der Waals surface area contributed by atoms with Crippen molar-refractivity contribution in [3.63, 3.8) is 0 Å². The first-order valence-corrected chi connectivity index (χ1v) is 7.36. The third-order valence-corrected chi connectivity index (χ3v) is 2.76. The molecule has 0 fully saturated rings. The van der Waals surface area contributed by atoms with Crippen molar-refractivity contribution < 1.29 is 0 Å². The Kier molecular flexibility index (Phi) is 19.8. The number of hydrogen-bond donors (Lipinski definition) is 0. The lowest BCUT2D eigenvalue weighted by atomic mass is 10.2. The molecular formula is C19H23B3N3. The molecule has 0 N–H and O–H groups in total. The van der Waals surface area contributed by atoms with Crippen LogP contribution in [0.1, 0.15) is 23.9 Å². The summed E-state index contributed by atoms with van der Waals surface area (Å²) in [6.45, 7) is 6.10. The molecule has 0 amide bonds. The second-order valence-electron chi connectivity index (χ2n) is 4.66. The summed E-state index contributed by atoms with van der Waals surface area (Å²) in [6, 6.07) is 15.7. The van der Waals surface area contributed by atoms with Crippen molar-refractivity contribution in [2.75, 3.05) is 0 Å². The average molecular weight is 326 g/mol. The molecule has 123 valence electrons. The number of nitrogens with zero attached hydrogens (tertiary/aromatic N) is 3. The normalized spacial score (nSPS) is 7.80. The lowest BCUT2D eigenvalue weighted by molar-refractivity contribution is 1.08. The number of hydrogen-bond acceptors (Lipinski definition) is 3. The second-order valence-corrected chi connectivity index (χ2v) is 4.66. The van der Waals surface area contributed by atoms with E-state index in [-0.39, 0.29) is 25.2 Å². The van der Waals surface area contributed by atoms with E-state index in [0.29, 0.717) is 0 Å². The molecule has 0 aliphatic carbocycles. The number of pyridine rings is 3. The van der Waals surface area contributed by atoms with Gasteiger partial charge in [-0.25, -0.2) is 0 Å². The molecule has 0 saturated heterocycles. The molecule has 25 heavy (non-hydrogen) atoms. The van der Waals surface area contributed by atoms with Crippen LogP contribution in [0, 0.1) is 13.8 Å². The summed E-state index contributed by atoms with van der Waals surface area (Å²) in [5.41, 5.74) is 3.47. The zero-order chi connectivity index (χ0) is 16.0. The predicted octanol–water partition coefficient (Wildman–Crippen LogP) is 3.28. The van der Waals surface area contributed by atoms with Crippen molar-refractivity contribution in [1.29, 1.82) is 0 Å². The Labute approximate surface area is 158 Å². The van der Waals surface area contributed by atoms with Crippen molar-refractivity contribution in [2.24, 2.45) is 0 Å². The monoisotopic (exact) mass is 326 g/mol. The van der Waals surface area contributed by atoms with Crippen LogP contribution < -0.4 is 0 Å². The summed E-state index contributed by atoms with van der Waals surface area (Å²) in [5.74, 6) is 0. The second kappa shape index (κ2) is 18.0. The third-order valence-electron chi connectivity index (χ3n) is 2.76. The summed E-state index contributed by atoms with van der Waals surface area (Å²) >= 11 is 0. The highest BCUT2D eigenvalue weighted by Crippen LogP contribution is 1.98. The molecule has 0 spiro atoms. The molecule has 0 unspecified atom stereocenters. The van der Waals surface area contributed by atoms with Crippen LogP contribution in [0.5, 0.6) is 0 Å². The van der Waals surface area contributed by atoms with E-state index >= 15 is 0 Å². The van der Waals surface area contributed by atoms with Crippen molar-refractivity contribution in [3.05, 3.63) is 90.3 Å². The van der Waals surface area contributed by atoms with Crippen LogP contribution in [0.2, 0.25) is 0 Å². The van der Waals surface area contributed by atoms with Gasteiger partial charge >= 0.3 is 0 Å². The fourth-order valence-electron chi connectivity index (χ4n) is 1.47. The molecule has 0 saturated carbocycles. The topological polar surface area (TPSA) is 38.7 Å². The minimum Gasteiger partial charge on any atom is -0.265 e. The van der Waals surface area contributed by atoms with E-state index in [1.165, 1.54) is 5.56 Å². The maximum Gasteiger partial charge on any atom is 0.0372 e. The largest absolute Gasteiger partial charge is 0.265 e. The van der Waals surface area contributed by atoms with E-state index in [1.54, 1.807) is 18.6 Å². The van der Waals surface area contributed by atoms with Crippen LogP contribution in [-0.2, 0) is 6.42 Å². The SMILES string of the molecule is CCc1ccc(C)nc1.Cc1ccccn1.[B].[B].[B].c1ccncc1. The average Bonchev–Trinajstić information content (AvgIpc) is 2.59. The first kappa shape index (κ1) is 27.5. The van der Waals surface area contributed by atoms with Crippen LogP contribution in [0.25, 0.3) is 0 Å². The molecule has 0 aliphatic heterocycles. The highest BCUT2D eigenvalue weighted by molar-refractivity contribution is 5.76. The van der Waals surface area contributed by atoms with E-state index in [2.05, 4.69) is 27.9 Å². The Balaban J connectivity index is -0.000000279. The first-order chi connectivity index (χ1) is 10.7. The first-order valence-electron chi connectivity index (χ1n) is 7.36. The van der Waals surface area contributed by atoms with Gasteiger partial charge in [0.15, 0.2) is 0 Å². The van der Waals surface area contributed by atoms with Gasteiger partial charge in [-0.3, -0.25) is 15.0 Å². The van der Waals surface area contributed by atoms with Crippen LogP contribution >= 0.6 is 0 Å². The van der Waals surface area contributed by atoms with Crippen molar-refractivity contribution >= 4 is 25.2 Å². The summed E-state index contributed by atoms with van der Waals surface area (Å²) in [6.07, 6.45) is 8.29. The highest BCUT2D eigenvalue weighted by atomic mass is 14.7. The molecule has 3 rings (SSSR count). The summed E-state index contributed by atoms with van der Waals surface area (Å²) in [4.78, 5) is 11.9. The number of aryl methyl sites for hydroxylation is 3. The number of rotatable bonds is 1. The molecule has 3 nitrogen and oxygen atoms in total. The minimum atomic E-state index is 0. The molecule has 0 aromatic carbocycles. The van der Waals surface area contributed by atoms with E-state index < -0.39 is 0 Å². The van der Waals surface area contributed by atoms with Crippen LogP contribution in [-0.4, -0.2) is 40.2 Å². The van der Waals surface area contributed by atoms with Gasteiger partial charge in [0.05, 0.1) is 0 Å². The summed E-state index contributed by atoms with van der Waals surface area (Å²) in [7, 11) is 0. The highest BCUT2D eigenvalue weighted by Gasteiger charge is 1.86. The molecule has 6 heteroatoms. The van der Waals surface area contributed by atoms with Gasteiger partial charge in [-0.15, -0.1) is 0 Å². The molecule has 3 aromatic rings. The zero-order valence-electron chi connectivity index (χ0n) is 15.2. The standard InChI is InChI=1S/C8H11N.C6H7N.C5H5N.3B/c1-3-8-5-4-7(2)9-6-8;1-6-4-2-3-5-7-6;1-2-4-6-5-3-1;;;/h4-6H,3H2,1-2H3;2-5H,1H3;1-5H;;;. The Morgan fingerprint density at radius 2 is 1.28 bits per heavy atom. The number of aromatic nitrogens is 3.